The predicted octanol–water partition coefficient (Wildman–Crippen LogP) is 6.82. The molecule has 0 atom stereocenters. The second-order valence-electron chi connectivity index (χ2n) is 9.84. The van der Waals surface area contributed by atoms with Crippen LogP contribution in [-0.4, -0.2) is 28.5 Å². The lowest BCUT2D eigenvalue weighted by molar-refractivity contribution is -0.384. The second-order valence-corrected chi connectivity index (χ2v) is 9.84. The minimum atomic E-state index is -0.291. The number of anilines is 3. The van der Waals surface area contributed by atoms with Crippen LogP contribution in [0.5, 0.6) is 0 Å². The molecule has 3 aromatic carbocycles. The zero-order chi connectivity index (χ0) is 26.4. The fourth-order valence-electron chi connectivity index (χ4n) is 5.72. The summed E-state index contributed by atoms with van der Waals surface area (Å²) in [5.41, 5.74) is 7.49. The molecule has 1 saturated heterocycles. The summed E-state index contributed by atoms with van der Waals surface area (Å²) in [5.74, 6) is -0.0761. The third-order valence-electron chi connectivity index (χ3n) is 7.51. The number of hydrogen-bond donors (Lipinski definition) is 0. The smallest absolute Gasteiger partial charge is 0.294 e. The van der Waals surface area contributed by atoms with Gasteiger partial charge in [-0.3, -0.25) is 19.8 Å². The summed E-state index contributed by atoms with van der Waals surface area (Å²) in [6.45, 7) is 5.65. The van der Waals surface area contributed by atoms with E-state index in [1.54, 1.807) is 11.0 Å². The molecule has 190 valence electrons. The Labute approximate surface area is 221 Å². The van der Waals surface area contributed by atoms with Crippen molar-refractivity contribution in [2.45, 2.75) is 26.7 Å². The zero-order valence-corrected chi connectivity index (χ0v) is 21.4. The Hall–Kier alpha value is -4.65. The Kier molecular flexibility index (Phi) is 5.83. The molecule has 2 aliphatic rings. The normalized spacial score (nSPS) is 15.9. The maximum Gasteiger partial charge on any atom is 0.294 e. The molecule has 0 aliphatic carbocycles. The van der Waals surface area contributed by atoms with Crippen molar-refractivity contribution in [1.29, 1.82) is 0 Å². The molecule has 0 N–H and O–H groups in total. The van der Waals surface area contributed by atoms with Crippen molar-refractivity contribution in [2.24, 2.45) is 0 Å². The number of para-hydroxylation sites is 2. The number of nitro benzene ring substituents is 1. The molecule has 0 saturated carbocycles. The summed E-state index contributed by atoms with van der Waals surface area (Å²) in [5, 5.41) is 12.0. The fraction of sp³-hybridized carbons (Fsp3) is 0.194. The van der Waals surface area contributed by atoms with E-state index in [4.69, 9.17) is 0 Å². The van der Waals surface area contributed by atoms with Crippen LogP contribution in [0.1, 0.15) is 35.4 Å². The second kappa shape index (κ2) is 9.34. The lowest BCUT2D eigenvalue weighted by Gasteiger charge is -2.19. The number of benzene rings is 3. The van der Waals surface area contributed by atoms with Crippen LogP contribution in [0.2, 0.25) is 0 Å². The number of carbonyl (C=O) groups is 1. The van der Waals surface area contributed by atoms with Gasteiger partial charge < -0.3 is 9.47 Å². The van der Waals surface area contributed by atoms with E-state index in [1.807, 2.05) is 97.3 Å². The molecule has 7 nitrogen and oxygen atoms in total. The molecule has 6 rings (SSSR count). The number of nitro groups is 1. The monoisotopic (exact) mass is 504 g/mol. The summed E-state index contributed by atoms with van der Waals surface area (Å²) in [4.78, 5) is 29.2. The third-order valence-corrected chi connectivity index (χ3v) is 7.51. The van der Waals surface area contributed by atoms with E-state index >= 15 is 0 Å². The van der Waals surface area contributed by atoms with Crippen molar-refractivity contribution in [3.05, 3.63) is 111 Å². The van der Waals surface area contributed by atoms with Crippen molar-refractivity contribution < 1.29 is 9.72 Å². The van der Waals surface area contributed by atoms with Crippen molar-refractivity contribution >= 4 is 40.3 Å². The largest absolute Gasteiger partial charge is 0.366 e. The molecule has 1 aromatic heterocycles. The summed E-state index contributed by atoms with van der Waals surface area (Å²) < 4.78 is 2.02. The van der Waals surface area contributed by atoms with Gasteiger partial charge in [0.1, 0.15) is 5.69 Å². The lowest BCUT2D eigenvalue weighted by Crippen LogP contribution is -2.20. The maximum absolute atomic E-state index is 13.7. The molecule has 1 fully saturated rings. The molecule has 38 heavy (non-hydrogen) atoms. The van der Waals surface area contributed by atoms with E-state index < -0.39 is 0 Å². The summed E-state index contributed by atoms with van der Waals surface area (Å²) in [7, 11) is 0. The number of fused-ring (bicyclic) bond motifs is 1. The zero-order valence-electron chi connectivity index (χ0n) is 21.4. The van der Waals surface area contributed by atoms with E-state index in [2.05, 4.69) is 4.90 Å². The first-order valence-corrected chi connectivity index (χ1v) is 12.9. The van der Waals surface area contributed by atoms with Gasteiger partial charge in [-0.2, -0.15) is 0 Å². The van der Waals surface area contributed by atoms with Crippen molar-refractivity contribution in [3.8, 4) is 5.69 Å². The average molecular weight is 505 g/mol. The van der Waals surface area contributed by atoms with Crippen LogP contribution in [-0.2, 0) is 4.79 Å². The van der Waals surface area contributed by atoms with Crippen LogP contribution in [0.15, 0.2) is 78.9 Å². The molecule has 7 heteroatoms. The van der Waals surface area contributed by atoms with Gasteiger partial charge in [0.05, 0.1) is 21.9 Å². The molecule has 0 spiro atoms. The standard InChI is InChI=1S/C31H28N4O3/c1-21-18-23(19-27-26-12-6-7-13-28(26)34(31(27)36)24-10-4-3-5-11-24)22(2)33(21)25-14-15-29(30(20-25)35(37)38)32-16-8-9-17-32/h3-7,10-15,18-20H,8-9,16-17H2,1-2H3/b27-19+. The van der Waals surface area contributed by atoms with E-state index in [-0.39, 0.29) is 16.5 Å². The van der Waals surface area contributed by atoms with Crippen LogP contribution in [0, 0.1) is 24.0 Å². The number of nitrogens with zero attached hydrogens (tertiary/aromatic N) is 4. The molecule has 0 bridgehead atoms. The Morgan fingerprint density at radius 2 is 1.55 bits per heavy atom. The minimum absolute atomic E-state index is 0.0761. The van der Waals surface area contributed by atoms with Gasteiger partial charge in [0.25, 0.3) is 11.6 Å². The van der Waals surface area contributed by atoms with E-state index in [0.717, 1.165) is 65.5 Å². The molecule has 0 unspecified atom stereocenters. The number of aryl methyl sites for hydroxylation is 1. The molecule has 4 aromatic rings. The van der Waals surface area contributed by atoms with Gasteiger partial charge in [0.2, 0.25) is 0 Å². The van der Waals surface area contributed by atoms with Crippen LogP contribution in [0.4, 0.5) is 22.7 Å². The van der Waals surface area contributed by atoms with Crippen molar-refractivity contribution in [1.82, 2.24) is 4.57 Å². The molecule has 3 heterocycles. The number of amides is 1. The highest BCUT2D eigenvalue weighted by Gasteiger charge is 2.33. The Bertz CT molecular complexity index is 1600. The van der Waals surface area contributed by atoms with Gasteiger partial charge in [-0.05, 0) is 74.7 Å². The maximum atomic E-state index is 13.7. The SMILES string of the molecule is Cc1cc(/C=C2/C(=O)N(c3ccccc3)c3ccccc32)c(C)n1-c1ccc(N2CCCC2)c([N+](=O)[O-])c1. The first kappa shape index (κ1) is 23.7. The molecular weight excluding hydrogens is 476 g/mol. The van der Waals surface area contributed by atoms with Gasteiger partial charge in [-0.25, -0.2) is 0 Å². The highest BCUT2D eigenvalue weighted by Crippen LogP contribution is 2.42. The third kappa shape index (κ3) is 3.87. The molecule has 0 radical (unpaired) electrons. The minimum Gasteiger partial charge on any atom is -0.366 e. The average Bonchev–Trinajstić information content (AvgIpc) is 3.62. The Morgan fingerprint density at radius 1 is 0.842 bits per heavy atom. The van der Waals surface area contributed by atoms with Gasteiger partial charge in [0, 0.05) is 41.8 Å². The summed E-state index contributed by atoms with van der Waals surface area (Å²) in [6.07, 6.45) is 4.04. The van der Waals surface area contributed by atoms with E-state index in [0.29, 0.717) is 11.3 Å². The number of rotatable bonds is 5. The van der Waals surface area contributed by atoms with Gasteiger partial charge in [-0.15, -0.1) is 0 Å². The quantitative estimate of drug-likeness (QED) is 0.170. The number of aromatic nitrogens is 1. The van der Waals surface area contributed by atoms with Crippen molar-refractivity contribution in [3.63, 3.8) is 0 Å². The highest BCUT2D eigenvalue weighted by molar-refractivity contribution is 6.38. The van der Waals surface area contributed by atoms with E-state index in [1.165, 1.54) is 0 Å². The van der Waals surface area contributed by atoms with E-state index in [9.17, 15) is 14.9 Å². The van der Waals surface area contributed by atoms with Crippen LogP contribution < -0.4 is 9.80 Å². The fourth-order valence-corrected chi connectivity index (χ4v) is 5.72. The Morgan fingerprint density at radius 3 is 2.29 bits per heavy atom. The summed E-state index contributed by atoms with van der Waals surface area (Å²) in [6, 6.07) is 25.0. The van der Waals surface area contributed by atoms with Gasteiger partial charge >= 0.3 is 0 Å². The van der Waals surface area contributed by atoms with Gasteiger partial charge in [0.15, 0.2) is 0 Å². The highest BCUT2D eigenvalue weighted by atomic mass is 16.6. The van der Waals surface area contributed by atoms with Crippen LogP contribution >= 0.6 is 0 Å². The van der Waals surface area contributed by atoms with Crippen LogP contribution in [0.25, 0.3) is 17.3 Å². The topological polar surface area (TPSA) is 71.6 Å². The first-order valence-electron chi connectivity index (χ1n) is 12.9. The van der Waals surface area contributed by atoms with Gasteiger partial charge in [-0.1, -0.05) is 36.4 Å². The lowest BCUT2D eigenvalue weighted by atomic mass is 10.0. The van der Waals surface area contributed by atoms with Crippen molar-refractivity contribution in [2.75, 3.05) is 22.9 Å². The molecule has 2 aliphatic heterocycles. The molecular formula is C31H28N4O3. The van der Waals surface area contributed by atoms with Crippen LogP contribution in [0.3, 0.4) is 0 Å². The number of carbonyl (C=O) groups excluding carboxylic acids is 1. The first-order chi connectivity index (χ1) is 18.4. The Balaban J connectivity index is 1.42. The predicted molar refractivity (Wildman–Crippen MR) is 151 cm³/mol. The number of hydrogen-bond acceptors (Lipinski definition) is 4. The summed E-state index contributed by atoms with van der Waals surface area (Å²) >= 11 is 0. The molecule has 1 amide bonds.